The zero-order chi connectivity index (χ0) is 16.2. The van der Waals surface area contributed by atoms with Crippen molar-refractivity contribution in [3.05, 3.63) is 35.9 Å². The summed E-state index contributed by atoms with van der Waals surface area (Å²) in [6.07, 6.45) is 4.22. The smallest absolute Gasteiger partial charge is 0.246 e. The molecule has 1 aliphatic heterocycles. The summed E-state index contributed by atoms with van der Waals surface area (Å²) < 4.78 is 30.3. The second-order valence-corrected chi connectivity index (χ2v) is 7.72. The molecule has 1 aliphatic rings. The van der Waals surface area contributed by atoms with E-state index in [1.807, 2.05) is 0 Å². The van der Waals surface area contributed by atoms with E-state index in [0.717, 1.165) is 5.56 Å². The van der Waals surface area contributed by atoms with Gasteiger partial charge in [0.25, 0.3) is 0 Å². The molecule has 0 unspecified atom stereocenters. The number of ether oxygens (including phenoxy) is 1. The highest BCUT2D eigenvalue weighted by Crippen LogP contribution is 2.24. The third kappa shape index (κ3) is 3.96. The number of amides is 1. The van der Waals surface area contributed by atoms with Gasteiger partial charge >= 0.3 is 0 Å². The summed E-state index contributed by atoms with van der Waals surface area (Å²) >= 11 is 0. The van der Waals surface area contributed by atoms with Gasteiger partial charge in [-0.3, -0.25) is 4.79 Å². The molecule has 0 N–H and O–H groups in total. The summed E-state index contributed by atoms with van der Waals surface area (Å²) in [5, 5.41) is -0.363. The second kappa shape index (κ2) is 7.07. The average Bonchev–Trinajstić information content (AvgIpc) is 2.53. The van der Waals surface area contributed by atoms with E-state index in [-0.39, 0.29) is 11.2 Å². The molecule has 120 valence electrons. The van der Waals surface area contributed by atoms with Crippen LogP contribution in [0.4, 0.5) is 0 Å². The lowest BCUT2D eigenvalue weighted by Gasteiger charge is -2.22. The Bertz CT molecular complexity index is 641. The third-order valence-corrected chi connectivity index (χ3v) is 5.95. The Balaban J connectivity index is 2.12. The van der Waals surface area contributed by atoms with Crippen LogP contribution in [0.25, 0.3) is 6.08 Å². The highest BCUT2D eigenvalue weighted by atomic mass is 32.2. The van der Waals surface area contributed by atoms with Crippen LogP contribution >= 0.6 is 0 Å². The Morgan fingerprint density at radius 1 is 1.18 bits per heavy atom. The van der Waals surface area contributed by atoms with E-state index >= 15 is 0 Å². The zero-order valence-corrected chi connectivity index (χ0v) is 13.7. The van der Waals surface area contributed by atoms with Crippen LogP contribution in [0.1, 0.15) is 18.4 Å². The van der Waals surface area contributed by atoms with E-state index in [4.69, 9.17) is 4.74 Å². The fraction of sp³-hybridized carbons (Fsp3) is 0.438. The Morgan fingerprint density at radius 3 is 2.32 bits per heavy atom. The van der Waals surface area contributed by atoms with E-state index in [0.29, 0.717) is 31.0 Å². The summed E-state index contributed by atoms with van der Waals surface area (Å²) in [6, 6.07) is 6.63. The fourth-order valence-corrected chi connectivity index (χ4v) is 3.98. The Kier molecular flexibility index (Phi) is 5.37. The van der Waals surface area contributed by atoms with Gasteiger partial charge in [-0.2, -0.15) is 0 Å². The predicted molar refractivity (Wildman–Crippen MR) is 85.2 cm³/mol. The molecule has 1 fully saturated rings. The molecule has 1 aromatic rings. The summed E-state index contributed by atoms with van der Waals surface area (Å²) in [5.41, 5.74) is 0.793. The molecule has 5 nitrogen and oxygen atoms in total. The van der Waals surface area contributed by atoms with Gasteiger partial charge < -0.3 is 9.64 Å². The third-order valence-electron chi connectivity index (χ3n) is 3.67. The van der Waals surface area contributed by atoms with E-state index in [2.05, 4.69) is 0 Å². The number of rotatable bonds is 4. The standard InChI is InChI=1S/C16H21NO4S/c1-17(2)16(18)8-5-13-3-6-14(7-4-13)22(19,20)15-9-11-21-12-10-15/h3-8,15H,9-12H2,1-2H3. The van der Waals surface area contributed by atoms with Crippen molar-refractivity contribution in [2.24, 2.45) is 0 Å². The Hall–Kier alpha value is -1.66. The largest absolute Gasteiger partial charge is 0.381 e. The molecule has 0 bridgehead atoms. The molecule has 0 saturated carbocycles. The summed E-state index contributed by atoms with van der Waals surface area (Å²) in [4.78, 5) is 13.3. The van der Waals surface area contributed by atoms with Crippen molar-refractivity contribution in [3.8, 4) is 0 Å². The van der Waals surface area contributed by atoms with Gasteiger partial charge in [-0.05, 0) is 36.6 Å². The molecule has 0 spiro atoms. The van der Waals surface area contributed by atoms with Gasteiger partial charge in [-0.15, -0.1) is 0 Å². The minimum Gasteiger partial charge on any atom is -0.381 e. The first-order valence-corrected chi connectivity index (χ1v) is 8.77. The number of likely N-dealkylation sites (N-methyl/N-ethyl adjacent to an activating group) is 1. The number of carbonyl (C=O) groups excluding carboxylic acids is 1. The van der Waals surface area contributed by atoms with Crippen LogP contribution in [0.15, 0.2) is 35.2 Å². The summed E-state index contributed by atoms with van der Waals surface area (Å²) in [5.74, 6) is -0.112. The lowest BCUT2D eigenvalue weighted by atomic mass is 10.2. The highest BCUT2D eigenvalue weighted by molar-refractivity contribution is 7.92. The van der Waals surface area contributed by atoms with E-state index in [1.54, 1.807) is 44.4 Å². The van der Waals surface area contributed by atoms with Crippen molar-refractivity contribution in [1.82, 2.24) is 4.90 Å². The molecule has 0 aliphatic carbocycles. The highest BCUT2D eigenvalue weighted by Gasteiger charge is 2.29. The van der Waals surface area contributed by atoms with Crippen LogP contribution in [0.5, 0.6) is 0 Å². The van der Waals surface area contributed by atoms with E-state index < -0.39 is 9.84 Å². The van der Waals surface area contributed by atoms with Gasteiger partial charge in [0, 0.05) is 33.4 Å². The van der Waals surface area contributed by atoms with E-state index in [1.165, 1.54) is 11.0 Å². The van der Waals surface area contributed by atoms with Gasteiger partial charge in [0.2, 0.25) is 5.91 Å². The molecule has 1 amide bonds. The van der Waals surface area contributed by atoms with Gasteiger partial charge in [0.1, 0.15) is 0 Å². The van der Waals surface area contributed by atoms with Crippen LogP contribution in [-0.4, -0.2) is 51.8 Å². The minimum absolute atomic E-state index is 0.112. The number of hydrogen-bond donors (Lipinski definition) is 0. The first-order valence-electron chi connectivity index (χ1n) is 7.22. The molecule has 1 heterocycles. The number of hydrogen-bond acceptors (Lipinski definition) is 4. The van der Waals surface area contributed by atoms with Crippen LogP contribution in [0.2, 0.25) is 0 Å². The first kappa shape index (κ1) is 16.7. The maximum Gasteiger partial charge on any atom is 0.246 e. The maximum absolute atomic E-state index is 12.5. The molecule has 1 saturated heterocycles. The van der Waals surface area contributed by atoms with Crippen molar-refractivity contribution < 1.29 is 17.9 Å². The number of benzene rings is 1. The van der Waals surface area contributed by atoms with Gasteiger partial charge in [0.15, 0.2) is 9.84 Å². The van der Waals surface area contributed by atoms with Crippen molar-refractivity contribution in [2.75, 3.05) is 27.3 Å². The predicted octanol–water partition coefficient (Wildman–Crippen LogP) is 1.74. The van der Waals surface area contributed by atoms with Gasteiger partial charge in [0.05, 0.1) is 10.1 Å². The SMILES string of the molecule is CN(C)C(=O)C=Cc1ccc(S(=O)(=O)C2CCOCC2)cc1. The van der Waals surface area contributed by atoms with Crippen molar-refractivity contribution >= 4 is 21.8 Å². The molecule has 1 aromatic carbocycles. The molecule has 0 aromatic heterocycles. The Labute approximate surface area is 131 Å². The lowest BCUT2D eigenvalue weighted by molar-refractivity contribution is -0.123. The van der Waals surface area contributed by atoms with Gasteiger partial charge in [-0.1, -0.05) is 12.1 Å². The van der Waals surface area contributed by atoms with E-state index in [9.17, 15) is 13.2 Å². The van der Waals surface area contributed by atoms with Crippen molar-refractivity contribution in [1.29, 1.82) is 0 Å². The number of sulfone groups is 1. The quantitative estimate of drug-likeness (QED) is 0.792. The monoisotopic (exact) mass is 323 g/mol. The number of carbonyl (C=O) groups is 1. The topological polar surface area (TPSA) is 63.7 Å². The molecule has 22 heavy (non-hydrogen) atoms. The molecule has 0 atom stereocenters. The lowest BCUT2D eigenvalue weighted by Crippen LogP contribution is -2.28. The molecule has 6 heteroatoms. The maximum atomic E-state index is 12.5. The summed E-state index contributed by atoms with van der Waals surface area (Å²) in [7, 11) is 0.0509. The van der Waals surface area contributed by atoms with Crippen molar-refractivity contribution in [2.45, 2.75) is 23.0 Å². The van der Waals surface area contributed by atoms with Crippen LogP contribution in [0.3, 0.4) is 0 Å². The average molecular weight is 323 g/mol. The van der Waals surface area contributed by atoms with Crippen LogP contribution in [0, 0.1) is 0 Å². The van der Waals surface area contributed by atoms with Crippen LogP contribution < -0.4 is 0 Å². The Morgan fingerprint density at radius 2 is 1.77 bits per heavy atom. The van der Waals surface area contributed by atoms with Crippen molar-refractivity contribution in [3.63, 3.8) is 0 Å². The second-order valence-electron chi connectivity index (χ2n) is 5.49. The number of nitrogens with zero attached hydrogens (tertiary/aromatic N) is 1. The summed E-state index contributed by atoms with van der Waals surface area (Å²) in [6.45, 7) is 0.995. The first-order chi connectivity index (χ1) is 10.4. The minimum atomic E-state index is -3.30. The fourth-order valence-electron chi connectivity index (χ4n) is 2.26. The molecule has 0 radical (unpaired) electrons. The normalized spacial score (nSPS) is 16.8. The molecular weight excluding hydrogens is 302 g/mol. The zero-order valence-electron chi connectivity index (χ0n) is 12.9. The molecular formula is C16H21NO4S. The molecule has 2 rings (SSSR count). The van der Waals surface area contributed by atoms with Crippen LogP contribution in [-0.2, 0) is 19.4 Å². The van der Waals surface area contributed by atoms with Gasteiger partial charge in [-0.25, -0.2) is 8.42 Å².